The van der Waals surface area contributed by atoms with Crippen LogP contribution in [-0.4, -0.2) is 24.4 Å². The van der Waals surface area contributed by atoms with Crippen molar-refractivity contribution in [3.63, 3.8) is 0 Å². The zero-order chi connectivity index (χ0) is 14.7. The Hall–Kier alpha value is -1.06. The minimum atomic E-state index is -0.0489. The number of carbonyl (C=O) groups excluding carboxylic acids is 2. The van der Waals surface area contributed by atoms with Crippen LogP contribution in [0, 0.1) is 5.92 Å². The van der Waals surface area contributed by atoms with Crippen LogP contribution < -0.4 is 10.6 Å². The standard InChI is InChI=1S/C15H30N2O2/c1-5-9-13(12(6-2)7-3)17-15(19)11-10-14(18)16-8-4/h12-13H,5-11H2,1-4H3,(H,16,18)(H,17,19). The van der Waals surface area contributed by atoms with Gasteiger partial charge in [-0.15, -0.1) is 0 Å². The monoisotopic (exact) mass is 270 g/mol. The van der Waals surface area contributed by atoms with E-state index in [1.807, 2.05) is 6.92 Å². The number of rotatable bonds is 10. The lowest BCUT2D eigenvalue weighted by molar-refractivity contribution is -0.127. The van der Waals surface area contributed by atoms with Crippen LogP contribution in [-0.2, 0) is 9.59 Å². The van der Waals surface area contributed by atoms with Crippen LogP contribution in [0.5, 0.6) is 0 Å². The molecular weight excluding hydrogens is 240 g/mol. The van der Waals surface area contributed by atoms with Gasteiger partial charge < -0.3 is 10.6 Å². The van der Waals surface area contributed by atoms with Crippen LogP contribution in [0.4, 0.5) is 0 Å². The van der Waals surface area contributed by atoms with Gasteiger partial charge in [-0.2, -0.15) is 0 Å². The third kappa shape index (κ3) is 7.85. The second-order valence-electron chi connectivity index (χ2n) is 4.99. The summed E-state index contributed by atoms with van der Waals surface area (Å²) in [6.07, 6.45) is 4.81. The molecule has 4 heteroatoms. The van der Waals surface area contributed by atoms with Crippen LogP contribution in [0.2, 0.25) is 0 Å². The molecule has 0 bridgehead atoms. The van der Waals surface area contributed by atoms with Gasteiger partial charge in [-0.25, -0.2) is 0 Å². The van der Waals surface area contributed by atoms with E-state index in [9.17, 15) is 9.59 Å². The first-order chi connectivity index (χ1) is 9.08. The molecule has 0 radical (unpaired) electrons. The highest BCUT2D eigenvalue weighted by Gasteiger charge is 2.19. The predicted molar refractivity (Wildman–Crippen MR) is 78.8 cm³/mol. The maximum atomic E-state index is 11.9. The van der Waals surface area contributed by atoms with Gasteiger partial charge in [-0.1, -0.05) is 40.0 Å². The van der Waals surface area contributed by atoms with E-state index in [1.54, 1.807) is 0 Å². The Labute approximate surface area is 117 Å². The molecule has 0 aromatic carbocycles. The minimum absolute atomic E-state index is 0.00315. The van der Waals surface area contributed by atoms with E-state index < -0.39 is 0 Å². The molecule has 2 N–H and O–H groups in total. The van der Waals surface area contributed by atoms with E-state index in [2.05, 4.69) is 31.4 Å². The molecule has 0 aromatic heterocycles. The number of amides is 2. The first kappa shape index (κ1) is 17.9. The summed E-state index contributed by atoms with van der Waals surface area (Å²) in [6.45, 7) is 8.96. The molecular formula is C15H30N2O2. The van der Waals surface area contributed by atoms with Gasteiger partial charge in [0.05, 0.1) is 0 Å². The van der Waals surface area contributed by atoms with Crippen molar-refractivity contribution in [2.75, 3.05) is 6.54 Å². The van der Waals surface area contributed by atoms with Gasteiger partial charge in [0.15, 0.2) is 0 Å². The SMILES string of the molecule is CCCC(NC(=O)CCC(=O)NCC)C(CC)CC. The molecule has 0 saturated heterocycles. The second kappa shape index (κ2) is 10.8. The molecule has 1 unspecified atom stereocenters. The van der Waals surface area contributed by atoms with Gasteiger partial charge in [0.25, 0.3) is 0 Å². The van der Waals surface area contributed by atoms with Gasteiger partial charge in [0.2, 0.25) is 11.8 Å². The molecule has 1 atom stereocenters. The fraction of sp³-hybridized carbons (Fsp3) is 0.867. The van der Waals surface area contributed by atoms with Crippen molar-refractivity contribution in [2.24, 2.45) is 5.92 Å². The molecule has 0 aliphatic heterocycles. The predicted octanol–water partition coefficient (Wildman–Crippen LogP) is 2.62. The highest BCUT2D eigenvalue weighted by Crippen LogP contribution is 2.17. The van der Waals surface area contributed by atoms with Gasteiger partial charge in [0, 0.05) is 25.4 Å². The van der Waals surface area contributed by atoms with Crippen molar-refractivity contribution in [3.8, 4) is 0 Å². The molecule has 2 amide bonds. The van der Waals surface area contributed by atoms with Crippen LogP contribution in [0.25, 0.3) is 0 Å². The molecule has 0 fully saturated rings. The maximum Gasteiger partial charge on any atom is 0.220 e. The molecule has 0 aliphatic rings. The average molecular weight is 270 g/mol. The van der Waals surface area contributed by atoms with E-state index in [0.717, 1.165) is 25.7 Å². The summed E-state index contributed by atoms with van der Waals surface area (Å²) in [6, 6.07) is 0.252. The average Bonchev–Trinajstić information content (AvgIpc) is 2.38. The molecule has 0 heterocycles. The van der Waals surface area contributed by atoms with Crippen molar-refractivity contribution in [1.82, 2.24) is 10.6 Å². The molecule has 0 saturated carbocycles. The van der Waals surface area contributed by atoms with E-state index in [-0.39, 0.29) is 30.7 Å². The second-order valence-corrected chi connectivity index (χ2v) is 4.99. The Bertz CT molecular complexity index is 263. The lowest BCUT2D eigenvalue weighted by Gasteiger charge is -2.26. The molecule has 0 aliphatic carbocycles. The smallest absolute Gasteiger partial charge is 0.220 e. The van der Waals surface area contributed by atoms with Crippen LogP contribution in [0.1, 0.15) is 66.2 Å². The Morgan fingerprint density at radius 1 is 0.947 bits per heavy atom. The van der Waals surface area contributed by atoms with E-state index in [0.29, 0.717) is 12.5 Å². The molecule has 112 valence electrons. The summed E-state index contributed by atoms with van der Waals surface area (Å²) in [5.41, 5.74) is 0. The Morgan fingerprint density at radius 2 is 1.53 bits per heavy atom. The first-order valence-corrected chi connectivity index (χ1v) is 7.64. The summed E-state index contributed by atoms with van der Waals surface area (Å²) in [7, 11) is 0. The fourth-order valence-corrected chi connectivity index (χ4v) is 2.39. The summed E-state index contributed by atoms with van der Waals surface area (Å²) in [5, 5.41) is 5.80. The normalized spacial score (nSPS) is 12.3. The molecule has 19 heavy (non-hydrogen) atoms. The fourth-order valence-electron chi connectivity index (χ4n) is 2.39. The third-order valence-electron chi connectivity index (χ3n) is 3.52. The van der Waals surface area contributed by atoms with Crippen LogP contribution >= 0.6 is 0 Å². The highest BCUT2D eigenvalue weighted by molar-refractivity contribution is 5.83. The topological polar surface area (TPSA) is 58.2 Å². The molecule has 0 spiro atoms. The van der Waals surface area contributed by atoms with E-state index >= 15 is 0 Å². The molecule has 4 nitrogen and oxygen atoms in total. The quantitative estimate of drug-likeness (QED) is 0.641. The minimum Gasteiger partial charge on any atom is -0.356 e. The van der Waals surface area contributed by atoms with E-state index in [1.165, 1.54) is 0 Å². The largest absolute Gasteiger partial charge is 0.356 e. The van der Waals surface area contributed by atoms with Gasteiger partial charge in [-0.3, -0.25) is 9.59 Å². The summed E-state index contributed by atoms with van der Waals surface area (Å²) < 4.78 is 0. The number of hydrogen-bond donors (Lipinski definition) is 2. The maximum absolute atomic E-state index is 11.9. The van der Waals surface area contributed by atoms with Crippen molar-refractivity contribution in [3.05, 3.63) is 0 Å². The summed E-state index contributed by atoms with van der Waals surface area (Å²) >= 11 is 0. The highest BCUT2D eigenvalue weighted by atomic mass is 16.2. The van der Waals surface area contributed by atoms with Gasteiger partial charge in [-0.05, 0) is 19.3 Å². The van der Waals surface area contributed by atoms with Gasteiger partial charge >= 0.3 is 0 Å². The van der Waals surface area contributed by atoms with Crippen molar-refractivity contribution < 1.29 is 9.59 Å². The van der Waals surface area contributed by atoms with Crippen molar-refractivity contribution >= 4 is 11.8 Å². The Balaban J connectivity index is 4.19. The Kier molecular flexibility index (Phi) is 10.2. The van der Waals surface area contributed by atoms with Gasteiger partial charge in [0.1, 0.15) is 0 Å². The van der Waals surface area contributed by atoms with Crippen LogP contribution in [0.3, 0.4) is 0 Å². The lowest BCUT2D eigenvalue weighted by atomic mass is 9.91. The summed E-state index contributed by atoms with van der Waals surface area (Å²) in [4.78, 5) is 23.2. The molecule has 0 rings (SSSR count). The summed E-state index contributed by atoms with van der Waals surface area (Å²) in [5.74, 6) is 0.484. The van der Waals surface area contributed by atoms with Crippen molar-refractivity contribution in [2.45, 2.75) is 72.3 Å². The zero-order valence-electron chi connectivity index (χ0n) is 12.9. The lowest BCUT2D eigenvalue weighted by Crippen LogP contribution is -2.40. The number of nitrogens with one attached hydrogen (secondary N) is 2. The Morgan fingerprint density at radius 3 is 2.00 bits per heavy atom. The third-order valence-corrected chi connectivity index (χ3v) is 3.52. The molecule has 0 aromatic rings. The van der Waals surface area contributed by atoms with Crippen molar-refractivity contribution in [1.29, 1.82) is 0 Å². The van der Waals surface area contributed by atoms with Crippen LogP contribution in [0.15, 0.2) is 0 Å². The van der Waals surface area contributed by atoms with E-state index in [4.69, 9.17) is 0 Å². The first-order valence-electron chi connectivity index (χ1n) is 7.64. The number of carbonyl (C=O) groups is 2. The zero-order valence-corrected chi connectivity index (χ0v) is 12.9. The number of hydrogen-bond acceptors (Lipinski definition) is 2.